The first-order valence-corrected chi connectivity index (χ1v) is 5.85. The van der Waals surface area contributed by atoms with E-state index in [-0.39, 0.29) is 23.6 Å². The standard InChI is InChI=1S/C9H5ClF3IN2O/c10-4-7-6(14)3-5(1-2-15)8(16-7)17-9(11,12)13/h3H,1,4H2. The van der Waals surface area contributed by atoms with Gasteiger partial charge in [-0.25, -0.2) is 4.98 Å². The van der Waals surface area contributed by atoms with Gasteiger partial charge in [0.05, 0.1) is 24.1 Å². The molecule has 17 heavy (non-hydrogen) atoms. The Hall–Kier alpha value is -0.750. The summed E-state index contributed by atoms with van der Waals surface area (Å²) in [5, 5.41) is 8.52. The van der Waals surface area contributed by atoms with E-state index >= 15 is 0 Å². The van der Waals surface area contributed by atoms with Gasteiger partial charge in [0.2, 0.25) is 5.88 Å². The molecule has 0 saturated heterocycles. The van der Waals surface area contributed by atoms with Crippen molar-refractivity contribution in [3.8, 4) is 11.9 Å². The lowest BCUT2D eigenvalue weighted by Gasteiger charge is -2.12. The molecule has 8 heteroatoms. The number of rotatable bonds is 3. The molecule has 1 heterocycles. The summed E-state index contributed by atoms with van der Waals surface area (Å²) in [7, 11) is 0. The molecule has 3 nitrogen and oxygen atoms in total. The highest BCUT2D eigenvalue weighted by atomic mass is 127. The van der Waals surface area contributed by atoms with Crippen LogP contribution in [0, 0.1) is 14.9 Å². The maximum absolute atomic E-state index is 12.1. The lowest BCUT2D eigenvalue weighted by molar-refractivity contribution is -0.276. The summed E-state index contributed by atoms with van der Waals surface area (Å²) >= 11 is 7.42. The molecule has 1 rings (SSSR count). The van der Waals surface area contributed by atoms with Gasteiger partial charge in [-0.15, -0.1) is 24.8 Å². The number of hydrogen-bond acceptors (Lipinski definition) is 3. The summed E-state index contributed by atoms with van der Waals surface area (Å²) < 4.78 is 40.7. The molecule has 0 aliphatic rings. The van der Waals surface area contributed by atoms with Gasteiger partial charge in [-0.05, 0) is 28.7 Å². The Morgan fingerprint density at radius 1 is 1.53 bits per heavy atom. The second-order valence-electron chi connectivity index (χ2n) is 2.90. The number of hydrogen-bond donors (Lipinski definition) is 0. The Balaban J connectivity index is 3.20. The second-order valence-corrected chi connectivity index (χ2v) is 4.33. The third-order valence-electron chi connectivity index (χ3n) is 1.70. The van der Waals surface area contributed by atoms with E-state index in [0.717, 1.165) is 0 Å². The minimum Gasteiger partial charge on any atom is -0.388 e. The molecule has 1 aromatic rings. The van der Waals surface area contributed by atoms with Crippen molar-refractivity contribution in [3.63, 3.8) is 0 Å². The molecule has 92 valence electrons. The van der Waals surface area contributed by atoms with Gasteiger partial charge in [-0.3, -0.25) is 0 Å². The molecule has 0 aliphatic heterocycles. The maximum Gasteiger partial charge on any atom is 0.574 e. The molecule has 0 saturated carbocycles. The molecule has 0 aromatic carbocycles. The number of pyridine rings is 1. The normalized spacial score (nSPS) is 11.1. The lowest BCUT2D eigenvalue weighted by Crippen LogP contribution is -2.19. The largest absolute Gasteiger partial charge is 0.574 e. The van der Waals surface area contributed by atoms with Crippen molar-refractivity contribution in [1.82, 2.24) is 4.98 Å². The molecular formula is C9H5ClF3IN2O. The Labute approximate surface area is 114 Å². The van der Waals surface area contributed by atoms with Crippen LogP contribution in [0.3, 0.4) is 0 Å². The van der Waals surface area contributed by atoms with E-state index in [1.807, 2.05) is 22.6 Å². The summed E-state index contributed by atoms with van der Waals surface area (Å²) in [4.78, 5) is 3.66. The fraction of sp³-hybridized carbons (Fsp3) is 0.333. The van der Waals surface area contributed by atoms with Crippen LogP contribution in [0.25, 0.3) is 0 Å². The van der Waals surface area contributed by atoms with Gasteiger partial charge in [0.25, 0.3) is 0 Å². The minimum atomic E-state index is -4.84. The average Bonchev–Trinajstić information content (AvgIpc) is 2.20. The first-order valence-electron chi connectivity index (χ1n) is 4.24. The Bertz CT molecular complexity index is 459. The zero-order chi connectivity index (χ0) is 13.1. The fourth-order valence-electron chi connectivity index (χ4n) is 1.05. The molecule has 0 amide bonds. The molecule has 0 fully saturated rings. The average molecular weight is 377 g/mol. The number of aromatic nitrogens is 1. The Kier molecular flexibility index (Phi) is 4.82. The molecular weight excluding hydrogens is 371 g/mol. The van der Waals surface area contributed by atoms with Crippen LogP contribution < -0.4 is 4.74 Å². The van der Waals surface area contributed by atoms with Crippen LogP contribution in [0.15, 0.2) is 6.07 Å². The van der Waals surface area contributed by atoms with E-state index in [9.17, 15) is 13.2 Å². The SMILES string of the molecule is N#CCc1cc(I)c(CCl)nc1OC(F)(F)F. The summed E-state index contributed by atoms with van der Waals surface area (Å²) in [6.07, 6.45) is -5.05. The van der Waals surface area contributed by atoms with E-state index in [4.69, 9.17) is 16.9 Å². The Morgan fingerprint density at radius 3 is 2.65 bits per heavy atom. The van der Waals surface area contributed by atoms with Crippen LogP contribution in [-0.2, 0) is 12.3 Å². The van der Waals surface area contributed by atoms with Crippen molar-refractivity contribution in [2.75, 3.05) is 0 Å². The van der Waals surface area contributed by atoms with Gasteiger partial charge in [0.15, 0.2) is 0 Å². The highest BCUT2D eigenvalue weighted by Gasteiger charge is 2.33. The maximum atomic E-state index is 12.1. The molecule has 0 spiro atoms. The van der Waals surface area contributed by atoms with Crippen molar-refractivity contribution in [3.05, 3.63) is 20.9 Å². The lowest BCUT2D eigenvalue weighted by atomic mass is 10.2. The minimum absolute atomic E-state index is 0.0284. The molecule has 0 aliphatic carbocycles. The number of alkyl halides is 4. The Morgan fingerprint density at radius 2 is 2.18 bits per heavy atom. The molecule has 0 radical (unpaired) electrons. The predicted molar refractivity (Wildman–Crippen MR) is 62.5 cm³/mol. The quantitative estimate of drug-likeness (QED) is 0.600. The van der Waals surface area contributed by atoms with Gasteiger partial charge >= 0.3 is 6.36 Å². The van der Waals surface area contributed by atoms with Crippen LogP contribution in [0.4, 0.5) is 13.2 Å². The van der Waals surface area contributed by atoms with E-state index in [1.165, 1.54) is 6.07 Å². The predicted octanol–water partition coefficient (Wildman–Crippen LogP) is 3.39. The van der Waals surface area contributed by atoms with Crippen LogP contribution in [0.5, 0.6) is 5.88 Å². The first-order chi connectivity index (χ1) is 7.87. The highest BCUT2D eigenvalue weighted by Crippen LogP contribution is 2.28. The molecule has 1 aromatic heterocycles. The van der Waals surface area contributed by atoms with Crippen molar-refractivity contribution in [1.29, 1.82) is 5.26 Å². The zero-order valence-corrected chi connectivity index (χ0v) is 11.1. The highest BCUT2D eigenvalue weighted by molar-refractivity contribution is 14.1. The number of nitriles is 1. The van der Waals surface area contributed by atoms with Gasteiger partial charge in [-0.2, -0.15) is 5.26 Å². The molecule has 0 unspecified atom stereocenters. The monoisotopic (exact) mass is 376 g/mol. The van der Waals surface area contributed by atoms with Crippen LogP contribution >= 0.6 is 34.2 Å². The van der Waals surface area contributed by atoms with Crippen LogP contribution in [0.2, 0.25) is 0 Å². The van der Waals surface area contributed by atoms with Gasteiger partial charge < -0.3 is 4.74 Å². The first kappa shape index (κ1) is 14.3. The third kappa shape index (κ3) is 4.20. The smallest absolute Gasteiger partial charge is 0.388 e. The van der Waals surface area contributed by atoms with E-state index in [1.54, 1.807) is 6.07 Å². The topological polar surface area (TPSA) is 45.9 Å². The zero-order valence-electron chi connectivity index (χ0n) is 8.18. The van der Waals surface area contributed by atoms with Gasteiger partial charge in [-0.1, -0.05) is 0 Å². The molecule has 0 bridgehead atoms. The van der Waals surface area contributed by atoms with Crippen molar-refractivity contribution in [2.24, 2.45) is 0 Å². The number of nitrogens with zero attached hydrogens (tertiary/aromatic N) is 2. The second kappa shape index (κ2) is 5.73. The van der Waals surface area contributed by atoms with Crippen molar-refractivity contribution in [2.45, 2.75) is 18.7 Å². The summed E-state index contributed by atoms with van der Waals surface area (Å²) in [5.74, 6) is -0.644. The van der Waals surface area contributed by atoms with Crippen molar-refractivity contribution < 1.29 is 17.9 Å². The van der Waals surface area contributed by atoms with E-state index in [0.29, 0.717) is 3.57 Å². The molecule has 0 atom stereocenters. The van der Waals surface area contributed by atoms with Crippen molar-refractivity contribution >= 4 is 34.2 Å². The molecule has 0 N–H and O–H groups in total. The van der Waals surface area contributed by atoms with Gasteiger partial charge in [0, 0.05) is 9.13 Å². The van der Waals surface area contributed by atoms with Gasteiger partial charge in [0.1, 0.15) is 0 Å². The summed E-state index contributed by atoms with van der Waals surface area (Å²) in [6.45, 7) is 0. The van der Waals surface area contributed by atoms with E-state index < -0.39 is 12.2 Å². The fourth-order valence-corrected chi connectivity index (χ4v) is 2.17. The number of ether oxygens (including phenoxy) is 1. The summed E-state index contributed by atoms with van der Waals surface area (Å²) in [5.41, 5.74) is 0.372. The number of halogens is 5. The third-order valence-corrected chi connectivity index (χ3v) is 2.88. The van der Waals surface area contributed by atoms with E-state index in [2.05, 4.69) is 9.72 Å². The summed E-state index contributed by atoms with van der Waals surface area (Å²) in [6, 6.07) is 3.16. The van der Waals surface area contributed by atoms with Crippen LogP contribution in [-0.4, -0.2) is 11.3 Å². The van der Waals surface area contributed by atoms with Crippen LogP contribution in [0.1, 0.15) is 11.3 Å².